The number of Topliss-reactive ketones (excluding diaryl/α,β-unsaturated/α-hetero) is 1. The molecule has 0 amide bonds. The van der Waals surface area contributed by atoms with Gasteiger partial charge in [-0.3, -0.25) is 4.79 Å². The molecule has 0 bridgehead atoms. The minimum absolute atomic E-state index is 0.266. The third-order valence-corrected chi connectivity index (χ3v) is 3.86. The first kappa shape index (κ1) is 10.6. The van der Waals surface area contributed by atoms with Gasteiger partial charge in [0.25, 0.3) is 0 Å². The molecule has 2 nitrogen and oxygen atoms in total. The molecule has 2 unspecified atom stereocenters. The highest BCUT2D eigenvalue weighted by Crippen LogP contribution is 2.41. The van der Waals surface area contributed by atoms with Crippen LogP contribution in [0.2, 0.25) is 0 Å². The van der Waals surface area contributed by atoms with Crippen molar-refractivity contribution in [2.45, 2.75) is 20.3 Å². The molecule has 1 aliphatic carbocycles. The summed E-state index contributed by atoms with van der Waals surface area (Å²) in [5.74, 6) is 1.16. The van der Waals surface area contributed by atoms with Crippen LogP contribution in [0.25, 0.3) is 10.9 Å². The minimum Gasteiger partial charge on any atom is -0.350 e. The van der Waals surface area contributed by atoms with Gasteiger partial charge in [0.1, 0.15) is 0 Å². The van der Waals surface area contributed by atoms with E-state index in [-0.39, 0.29) is 5.92 Å². The minimum atomic E-state index is 0.266. The van der Waals surface area contributed by atoms with E-state index >= 15 is 0 Å². The topological polar surface area (TPSA) is 22.0 Å². The summed E-state index contributed by atoms with van der Waals surface area (Å²) in [6, 6.07) is 6.29. The van der Waals surface area contributed by atoms with Crippen molar-refractivity contribution >= 4 is 16.7 Å². The molecule has 1 aromatic carbocycles. The molecule has 0 saturated heterocycles. The molecule has 1 aliphatic rings. The summed E-state index contributed by atoms with van der Waals surface area (Å²) in [6.07, 6.45) is 3.04. The van der Waals surface area contributed by atoms with E-state index in [2.05, 4.69) is 36.6 Å². The zero-order chi connectivity index (χ0) is 12.2. The van der Waals surface area contributed by atoms with E-state index in [0.29, 0.717) is 11.7 Å². The smallest absolute Gasteiger partial charge is 0.168 e. The van der Waals surface area contributed by atoms with Gasteiger partial charge in [0.15, 0.2) is 5.78 Å². The number of nitrogens with zero attached hydrogens (tertiary/aromatic N) is 1. The van der Waals surface area contributed by atoms with Crippen molar-refractivity contribution in [1.29, 1.82) is 0 Å². The van der Waals surface area contributed by atoms with Crippen LogP contribution in [-0.4, -0.2) is 10.4 Å². The number of hydrogen-bond donors (Lipinski definition) is 0. The molecule has 0 radical (unpaired) electrons. The molecule has 1 heterocycles. The largest absolute Gasteiger partial charge is 0.350 e. The average Bonchev–Trinajstić information content (AvgIpc) is 2.93. The quantitative estimate of drug-likeness (QED) is 0.721. The van der Waals surface area contributed by atoms with Gasteiger partial charge in [0.05, 0.1) is 0 Å². The zero-order valence-corrected chi connectivity index (χ0v) is 10.5. The molecule has 2 aromatic rings. The molecule has 1 saturated carbocycles. The van der Waals surface area contributed by atoms with Gasteiger partial charge in [-0.2, -0.15) is 0 Å². The summed E-state index contributed by atoms with van der Waals surface area (Å²) in [5.41, 5.74) is 3.29. The van der Waals surface area contributed by atoms with Crippen molar-refractivity contribution in [2.75, 3.05) is 0 Å². The van der Waals surface area contributed by atoms with Crippen molar-refractivity contribution in [3.63, 3.8) is 0 Å². The van der Waals surface area contributed by atoms with Gasteiger partial charge in [0.2, 0.25) is 0 Å². The Bertz CT molecular complexity index is 609. The third-order valence-electron chi connectivity index (χ3n) is 3.86. The van der Waals surface area contributed by atoms with E-state index in [4.69, 9.17) is 0 Å². The lowest BCUT2D eigenvalue weighted by molar-refractivity contribution is 0.0964. The van der Waals surface area contributed by atoms with Gasteiger partial charge in [-0.05, 0) is 30.9 Å². The van der Waals surface area contributed by atoms with Gasteiger partial charge in [0, 0.05) is 35.6 Å². The normalized spacial score (nSPS) is 23.0. The molecule has 2 heteroatoms. The third kappa shape index (κ3) is 1.59. The Hall–Kier alpha value is -1.57. The number of ketones is 1. The molecule has 3 rings (SSSR count). The number of carbonyl (C=O) groups is 1. The predicted octanol–water partition coefficient (Wildman–Crippen LogP) is 3.33. The summed E-state index contributed by atoms with van der Waals surface area (Å²) in [5, 5.41) is 1.10. The van der Waals surface area contributed by atoms with Gasteiger partial charge in [-0.1, -0.05) is 19.1 Å². The Kier molecular flexibility index (Phi) is 2.15. The Labute approximate surface area is 101 Å². The Balaban J connectivity index is 2.14. The SMILES string of the molecule is Cc1ccc2c(C(=O)C3CC3C)cn(C)c2c1. The molecular weight excluding hydrogens is 210 g/mol. The molecule has 1 aromatic heterocycles. The lowest BCUT2D eigenvalue weighted by Crippen LogP contribution is -2.01. The second kappa shape index (κ2) is 3.46. The van der Waals surface area contributed by atoms with Gasteiger partial charge < -0.3 is 4.57 Å². The van der Waals surface area contributed by atoms with Crippen molar-refractivity contribution in [3.8, 4) is 0 Å². The van der Waals surface area contributed by atoms with Gasteiger partial charge >= 0.3 is 0 Å². The molecule has 88 valence electrons. The van der Waals surface area contributed by atoms with E-state index in [9.17, 15) is 4.79 Å². The van der Waals surface area contributed by atoms with E-state index in [1.54, 1.807) is 0 Å². The highest BCUT2D eigenvalue weighted by Gasteiger charge is 2.40. The second-order valence-corrected chi connectivity index (χ2v) is 5.36. The number of benzene rings is 1. The average molecular weight is 227 g/mol. The van der Waals surface area contributed by atoms with Gasteiger partial charge in [-0.25, -0.2) is 0 Å². The van der Waals surface area contributed by atoms with Crippen LogP contribution in [0.5, 0.6) is 0 Å². The summed E-state index contributed by atoms with van der Waals surface area (Å²) in [6.45, 7) is 4.23. The first-order chi connectivity index (χ1) is 8.08. The number of aryl methyl sites for hydroxylation is 2. The monoisotopic (exact) mass is 227 g/mol. The maximum Gasteiger partial charge on any atom is 0.168 e. The molecular formula is C15H17NO. The summed E-state index contributed by atoms with van der Waals surface area (Å²) < 4.78 is 2.06. The summed E-state index contributed by atoms with van der Waals surface area (Å²) in [4.78, 5) is 12.3. The Morgan fingerprint density at radius 3 is 2.76 bits per heavy atom. The molecule has 2 atom stereocenters. The van der Waals surface area contributed by atoms with Crippen LogP contribution in [0, 0.1) is 18.8 Å². The van der Waals surface area contributed by atoms with E-state index < -0.39 is 0 Å². The fourth-order valence-electron chi connectivity index (χ4n) is 2.58. The zero-order valence-electron chi connectivity index (χ0n) is 10.5. The van der Waals surface area contributed by atoms with Crippen LogP contribution in [0.1, 0.15) is 29.3 Å². The molecule has 0 N–H and O–H groups in total. The van der Waals surface area contributed by atoms with E-state index in [1.165, 1.54) is 5.56 Å². The number of hydrogen-bond acceptors (Lipinski definition) is 1. The fraction of sp³-hybridized carbons (Fsp3) is 0.400. The first-order valence-electron chi connectivity index (χ1n) is 6.18. The van der Waals surface area contributed by atoms with Crippen LogP contribution in [-0.2, 0) is 7.05 Å². The highest BCUT2D eigenvalue weighted by atomic mass is 16.1. The van der Waals surface area contributed by atoms with Gasteiger partial charge in [-0.15, -0.1) is 0 Å². The molecule has 0 aliphatic heterocycles. The van der Waals surface area contributed by atoms with Crippen molar-refractivity contribution in [2.24, 2.45) is 18.9 Å². The van der Waals surface area contributed by atoms with Crippen LogP contribution >= 0.6 is 0 Å². The van der Waals surface area contributed by atoms with E-state index in [1.807, 2.05) is 13.2 Å². The Morgan fingerprint density at radius 1 is 1.41 bits per heavy atom. The standard InChI is InChI=1S/C15H17NO/c1-9-4-5-11-13(8-16(3)14(11)6-9)15(17)12-7-10(12)2/h4-6,8,10,12H,7H2,1-3H3. The number of rotatable bonds is 2. The summed E-state index contributed by atoms with van der Waals surface area (Å²) >= 11 is 0. The molecule has 1 fully saturated rings. The van der Waals surface area contributed by atoms with Crippen molar-refractivity contribution in [3.05, 3.63) is 35.5 Å². The maximum absolute atomic E-state index is 12.3. The maximum atomic E-state index is 12.3. The lowest BCUT2D eigenvalue weighted by atomic mass is 10.0. The molecule has 17 heavy (non-hydrogen) atoms. The predicted molar refractivity (Wildman–Crippen MR) is 69.3 cm³/mol. The summed E-state index contributed by atoms with van der Waals surface area (Å²) in [7, 11) is 2.01. The van der Waals surface area contributed by atoms with E-state index in [0.717, 1.165) is 22.9 Å². The van der Waals surface area contributed by atoms with Crippen molar-refractivity contribution in [1.82, 2.24) is 4.57 Å². The van der Waals surface area contributed by atoms with Crippen molar-refractivity contribution < 1.29 is 4.79 Å². The number of carbonyl (C=O) groups excluding carboxylic acids is 1. The fourth-order valence-corrected chi connectivity index (χ4v) is 2.58. The van der Waals surface area contributed by atoms with Crippen LogP contribution in [0.4, 0.5) is 0 Å². The lowest BCUT2D eigenvalue weighted by Gasteiger charge is -1.98. The Morgan fingerprint density at radius 2 is 2.12 bits per heavy atom. The van der Waals surface area contributed by atoms with Crippen LogP contribution < -0.4 is 0 Å². The number of fused-ring (bicyclic) bond motifs is 1. The van der Waals surface area contributed by atoms with Crippen LogP contribution in [0.15, 0.2) is 24.4 Å². The molecule has 0 spiro atoms. The highest BCUT2D eigenvalue weighted by molar-refractivity contribution is 6.10. The second-order valence-electron chi connectivity index (χ2n) is 5.36. The number of aromatic nitrogens is 1. The van der Waals surface area contributed by atoms with Crippen LogP contribution in [0.3, 0.4) is 0 Å². The first-order valence-corrected chi connectivity index (χ1v) is 6.18.